The number of nitrogens with zero attached hydrogens (tertiary/aromatic N) is 2. The van der Waals surface area contributed by atoms with E-state index in [0.717, 1.165) is 11.3 Å². The van der Waals surface area contributed by atoms with Crippen molar-refractivity contribution in [2.45, 2.75) is 12.6 Å². The highest BCUT2D eigenvalue weighted by Gasteiger charge is 2.32. The molecule has 1 saturated heterocycles. The van der Waals surface area contributed by atoms with Gasteiger partial charge in [0.2, 0.25) is 5.91 Å². The smallest absolute Gasteiger partial charge is 0.327 e. The summed E-state index contributed by atoms with van der Waals surface area (Å²) >= 11 is 6.31. The third kappa shape index (κ3) is 5.13. The van der Waals surface area contributed by atoms with E-state index in [-0.39, 0.29) is 11.9 Å². The molecule has 1 aromatic heterocycles. The van der Waals surface area contributed by atoms with Gasteiger partial charge in [-0.25, -0.2) is 4.79 Å². The van der Waals surface area contributed by atoms with Crippen molar-refractivity contribution in [3.63, 3.8) is 0 Å². The van der Waals surface area contributed by atoms with Gasteiger partial charge < -0.3 is 14.5 Å². The Morgan fingerprint density at radius 2 is 1.93 bits per heavy atom. The molecule has 1 aromatic carbocycles. The van der Waals surface area contributed by atoms with E-state index in [9.17, 15) is 9.59 Å². The van der Waals surface area contributed by atoms with Crippen LogP contribution in [0.1, 0.15) is 17.4 Å². The summed E-state index contributed by atoms with van der Waals surface area (Å²) < 4.78 is 10.2. The molecular weight excluding hydrogens is 382 g/mol. The van der Waals surface area contributed by atoms with Gasteiger partial charge in [0.05, 0.1) is 26.5 Å². The van der Waals surface area contributed by atoms with Crippen LogP contribution in [0.3, 0.4) is 0 Å². The van der Waals surface area contributed by atoms with Crippen molar-refractivity contribution in [1.82, 2.24) is 15.1 Å². The molecule has 1 amide bonds. The van der Waals surface area contributed by atoms with Gasteiger partial charge in [0, 0.05) is 31.2 Å². The van der Waals surface area contributed by atoms with E-state index in [0.29, 0.717) is 44.3 Å². The molecule has 8 heteroatoms. The summed E-state index contributed by atoms with van der Waals surface area (Å²) in [6, 6.07) is 10.4. The maximum absolute atomic E-state index is 12.4. The van der Waals surface area contributed by atoms with E-state index in [4.69, 9.17) is 20.8 Å². The first kappa shape index (κ1) is 20.4. The van der Waals surface area contributed by atoms with Crippen LogP contribution in [-0.2, 0) is 20.9 Å². The van der Waals surface area contributed by atoms with Crippen LogP contribution in [0.15, 0.2) is 47.1 Å². The molecule has 1 aliphatic rings. The third-order valence-electron chi connectivity index (χ3n) is 4.80. The standard InChI is InChI=1S/C20H24ClN3O4/c1-27-20(26)19(16-6-2-3-7-17(16)21)24-10-8-23(9-11-24)14-18(25)22-13-15-5-4-12-28-15/h2-7,12,19H,8-11,13-14H2,1H3,(H,22,25). The van der Waals surface area contributed by atoms with Crippen molar-refractivity contribution in [2.75, 3.05) is 39.8 Å². The number of ether oxygens (including phenoxy) is 1. The van der Waals surface area contributed by atoms with Gasteiger partial charge in [-0.15, -0.1) is 0 Å². The number of hydrogen-bond acceptors (Lipinski definition) is 6. The highest BCUT2D eigenvalue weighted by atomic mass is 35.5. The number of methoxy groups -OCH3 is 1. The van der Waals surface area contributed by atoms with E-state index in [1.165, 1.54) is 7.11 Å². The Morgan fingerprint density at radius 1 is 1.18 bits per heavy atom. The highest BCUT2D eigenvalue weighted by molar-refractivity contribution is 6.31. The number of carbonyl (C=O) groups is 2. The van der Waals surface area contributed by atoms with Crippen LogP contribution in [0.5, 0.6) is 0 Å². The van der Waals surface area contributed by atoms with Crippen molar-refractivity contribution >= 4 is 23.5 Å². The minimum atomic E-state index is -0.548. The second-order valence-electron chi connectivity index (χ2n) is 6.62. The molecule has 150 valence electrons. The Bertz CT molecular complexity index is 789. The number of carbonyl (C=O) groups excluding carboxylic acids is 2. The van der Waals surface area contributed by atoms with E-state index < -0.39 is 6.04 Å². The third-order valence-corrected chi connectivity index (χ3v) is 5.15. The monoisotopic (exact) mass is 405 g/mol. The predicted molar refractivity (Wildman–Crippen MR) is 105 cm³/mol. The molecule has 1 N–H and O–H groups in total. The molecule has 1 atom stereocenters. The number of benzene rings is 1. The average molecular weight is 406 g/mol. The number of hydrogen-bond donors (Lipinski definition) is 1. The lowest BCUT2D eigenvalue weighted by atomic mass is 10.0. The topological polar surface area (TPSA) is 75.0 Å². The van der Waals surface area contributed by atoms with Crippen molar-refractivity contribution in [1.29, 1.82) is 0 Å². The van der Waals surface area contributed by atoms with Crippen LogP contribution in [0.25, 0.3) is 0 Å². The zero-order valence-electron chi connectivity index (χ0n) is 15.8. The number of piperazine rings is 1. The van der Waals surface area contributed by atoms with Crippen LogP contribution in [0.4, 0.5) is 0 Å². The molecule has 28 heavy (non-hydrogen) atoms. The molecule has 0 bridgehead atoms. The van der Waals surface area contributed by atoms with Gasteiger partial charge in [-0.3, -0.25) is 14.6 Å². The molecule has 0 saturated carbocycles. The van der Waals surface area contributed by atoms with Crippen LogP contribution in [0.2, 0.25) is 5.02 Å². The van der Waals surface area contributed by atoms with Gasteiger partial charge in [-0.1, -0.05) is 29.8 Å². The summed E-state index contributed by atoms with van der Waals surface area (Å²) in [6.07, 6.45) is 1.58. The summed E-state index contributed by atoms with van der Waals surface area (Å²) in [6.45, 7) is 3.30. The van der Waals surface area contributed by atoms with E-state index >= 15 is 0 Å². The van der Waals surface area contributed by atoms with Gasteiger partial charge in [0.25, 0.3) is 0 Å². The van der Waals surface area contributed by atoms with Crippen LogP contribution in [-0.4, -0.2) is 61.5 Å². The van der Waals surface area contributed by atoms with Crippen molar-refractivity contribution < 1.29 is 18.7 Å². The molecule has 2 heterocycles. The van der Waals surface area contributed by atoms with Gasteiger partial charge >= 0.3 is 5.97 Å². The Hall–Kier alpha value is -2.35. The summed E-state index contributed by atoms with van der Waals surface area (Å²) in [7, 11) is 1.38. The van der Waals surface area contributed by atoms with Crippen LogP contribution < -0.4 is 5.32 Å². The van der Waals surface area contributed by atoms with Gasteiger partial charge in [0.1, 0.15) is 11.8 Å². The lowest BCUT2D eigenvalue weighted by Crippen LogP contribution is -2.51. The lowest BCUT2D eigenvalue weighted by molar-refractivity contribution is -0.148. The molecule has 0 aliphatic carbocycles. The summed E-state index contributed by atoms with van der Waals surface area (Å²) in [4.78, 5) is 28.7. The maximum atomic E-state index is 12.4. The highest BCUT2D eigenvalue weighted by Crippen LogP contribution is 2.29. The Kier molecular flexibility index (Phi) is 7.08. The first-order valence-electron chi connectivity index (χ1n) is 9.16. The Balaban J connectivity index is 1.54. The molecule has 3 rings (SSSR count). The van der Waals surface area contributed by atoms with E-state index in [1.807, 2.05) is 29.2 Å². The summed E-state index contributed by atoms with van der Waals surface area (Å²) in [5, 5.41) is 3.39. The Morgan fingerprint density at radius 3 is 2.57 bits per heavy atom. The average Bonchev–Trinajstić information content (AvgIpc) is 3.23. The summed E-state index contributed by atoms with van der Waals surface area (Å²) in [5.74, 6) is 0.331. The SMILES string of the molecule is COC(=O)C(c1ccccc1Cl)N1CCN(CC(=O)NCc2ccco2)CC1. The van der Waals surface area contributed by atoms with Crippen molar-refractivity contribution in [3.8, 4) is 0 Å². The minimum absolute atomic E-state index is 0.0551. The van der Waals surface area contributed by atoms with Crippen molar-refractivity contribution in [3.05, 3.63) is 59.0 Å². The van der Waals surface area contributed by atoms with Gasteiger partial charge in [0.15, 0.2) is 0 Å². The second-order valence-corrected chi connectivity index (χ2v) is 7.02. The van der Waals surface area contributed by atoms with Gasteiger partial charge in [-0.05, 0) is 23.8 Å². The second kappa shape index (κ2) is 9.73. The maximum Gasteiger partial charge on any atom is 0.327 e. The molecule has 1 aliphatic heterocycles. The minimum Gasteiger partial charge on any atom is -0.468 e. The van der Waals surface area contributed by atoms with Gasteiger partial charge in [-0.2, -0.15) is 0 Å². The molecule has 1 fully saturated rings. The molecule has 2 aromatic rings. The zero-order chi connectivity index (χ0) is 19.9. The number of furan rings is 1. The summed E-state index contributed by atoms with van der Waals surface area (Å²) in [5.41, 5.74) is 0.737. The molecule has 0 spiro atoms. The fraction of sp³-hybridized carbons (Fsp3) is 0.400. The number of halogens is 1. The zero-order valence-corrected chi connectivity index (χ0v) is 16.5. The number of nitrogens with one attached hydrogen (secondary N) is 1. The molecule has 0 radical (unpaired) electrons. The molecule has 1 unspecified atom stereocenters. The normalized spacial score (nSPS) is 16.5. The van der Waals surface area contributed by atoms with Crippen LogP contribution in [0, 0.1) is 0 Å². The Labute approximate surface area is 169 Å². The fourth-order valence-electron chi connectivity index (χ4n) is 3.32. The first-order valence-corrected chi connectivity index (χ1v) is 9.54. The first-order chi connectivity index (χ1) is 13.6. The van der Waals surface area contributed by atoms with E-state index in [2.05, 4.69) is 10.2 Å². The largest absolute Gasteiger partial charge is 0.468 e. The van der Waals surface area contributed by atoms with Crippen LogP contribution >= 0.6 is 11.6 Å². The molecular formula is C20H24ClN3O4. The molecule has 7 nitrogen and oxygen atoms in total. The lowest BCUT2D eigenvalue weighted by Gasteiger charge is -2.38. The van der Waals surface area contributed by atoms with E-state index in [1.54, 1.807) is 18.4 Å². The number of amides is 1. The number of esters is 1. The predicted octanol–water partition coefficient (Wildman–Crippen LogP) is 2.08. The number of rotatable bonds is 7. The quantitative estimate of drug-likeness (QED) is 0.711. The van der Waals surface area contributed by atoms with Crippen molar-refractivity contribution in [2.24, 2.45) is 0 Å². The fourth-order valence-corrected chi connectivity index (χ4v) is 3.56.